The maximum absolute atomic E-state index is 13.1. The Balaban J connectivity index is 1.76. The van der Waals surface area contributed by atoms with Crippen LogP contribution in [0.2, 0.25) is 0 Å². The van der Waals surface area contributed by atoms with Gasteiger partial charge >= 0.3 is 0 Å². The summed E-state index contributed by atoms with van der Waals surface area (Å²) in [5.41, 5.74) is 0.497. The van der Waals surface area contributed by atoms with E-state index in [4.69, 9.17) is 12.2 Å². The molecule has 1 amide bonds. The lowest BCUT2D eigenvalue weighted by atomic mass is 10.3. The molecule has 1 heterocycles. The molecular formula is C15H22FN4OS+. The van der Waals surface area contributed by atoms with Crippen molar-refractivity contribution < 1.29 is 14.1 Å². The van der Waals surface area contributed by atoms with Gasteiger partial charge in [0.25, 0.3) is 5.91 Å². The Morgan fingerprint density at radius 3 is 2.77 bits per heavy atom. The van der Waals surface area contributed by atoms with E-state index in [0.717, 1.165) is 37.8 Å². The van der Waals surface area contributed by atoms with Gasteiger partial charge in [0.1, 0.15) is 5.82 Å². The summed E-state index contributed by atoms with van der Waals surface area (Å²) in [5, 5.41) is 6.66. The lowest BCUT2D eigenvalue weighted by Crippen LogP contribution is -3.15. The van der Waals surface area contributed by atoms with E-state index < -0.39 is 0 Å². The third-order valence-corrected chi connectivity index (χ3v) is 4.01. The van der Waals surface area contributed by atoms with Gasteiger partial charge in [-0.3, -0.25) is 4.79 Å². The number of nitrogens with zero attached hydrogens (tertiary/aromatic N) is 1. The summed E-state index contributed by atoms with van der Waals surface area (Å²) in [7, 11) is 0. The molecule has 1 aromatic carbocycles. The molecule has 0 spiro atoms. The smallest absolute Gasteiger partial charge is 0.279 e. The number of halogens is 1. The second-order valence-corrected chi connectivity index (χ2v) is 5.69. The maximum Gasteiger partial charge on any atom is 0.279 e. The predicted molar refractivity (Wildman–Crippen MR) is 88.4 cm³/mol. The lowest BCUT2D eigenvalue weighted by Gasteiger charge is -2.33. The highest BCUT2D eigenvalue weighted by Crippen LogP contribution is 2.08. The van der Waals surface area contributed by atoms with Crippen LogP contribution in [0.25, 0.3) is 0 Å². The number of piperazine rings is 1. The van der Waals surface area contributed by atoms with E-state index in [9.17, 15) is 9.18 Å². The Kier molecular flexibility index (Phi) is 6.09. The molecule has 1 aliphatic rings. The molecule has 0 atom stereocenters. The van der Waals surface area contributed by atoms with Crippen LogP contribution in [0, 0.1) is 5.82 Å². The highest BCUT2D eigenvalue weighted by molar-refractivity contribution is 7.80. The largest absolute Gasteiger partial charge is 0.363 e. The zero-order chi connectivity index (χ0) is 15.9. The molecule has 0 unspecified atom stereocenters. The molecule has 1 fully saturated rings. The minimum Gasteiger partial charge on any atom is -0.363 e. The molecule has 2 rings (SSSR count). The van der Waals surface area contributed by atoms with Crippen molar-refractivity contribution in [1.29, 1.82) is 0 Å². The number of carbonyl (C=O) groups is 1. The van der Waals surface area contributed by atoms with Crippen molar-refractivity contribution in [1.82, 2.24) is 10.2 Å². The van der Waals surface area contributed by atoms with E-state index in [2.05, 4.69) is 15.5 Å². The number of anilines is 1. The monoisotopic (exact) mass is 325 g/mol. The molecule has 0 aromatic heterocycles. The molecule has 0 bridgehead atoms. The van der Waals surface area contributed by atoms with Crippen LogP contribution in [-0.2, 0) is 4.79 Å². The standard InChI is InChI=1S/C15H21FN4OS/c1-2-17-15(22)20-8-6-19(7-9-20)11-14(21)18-13-5-3-4-12(16)10-13/h3-5,10H,2,6-9,11H2,1H3,(H,17,22)(H,18,21)/p+1. The van der Waals surface area contributed by atoms with Crippen molar-refractivity contribution >= 4 is 28.9 Å². The molecule has 0 saturated carbocycles. The molecule has 0 aliphatic carbocycles. The SMILES string of the molecule is CCNC(=S)N1CC[NH+](CC(=O)Nc2cccc(F)c2)CC1. The molecule has 5 nitrogen and oxygen atoms in total. The first-order valence-corrected chi connectivity index (χ1v) is 7.91. The Morgan fingerprint density at radius 1 is 1.41 bits per heavy atom. The van der Waals surface area contributed by atoms with Gasteiger partial charge in [-0.2, -0.15) is 0 Å². The van der Waals surface area contributed by atoms with Crippen LogP contribution in [0.3, 0.4) is 0 Å². The third-order valence-electron chi connectivity index (χ3n) is 3.60. The highest BCUT2D eigenvalue weighted by atomic mass is 32.1. The van der Waals surface area contributed by atoms with Crippen molar-refractivity contribution in [3.05, 3.63) is 30.1 Å². The number of quaternary nitrogens is 1. The second-order valence-electron chi connectivity index (χ2n) is 5.31. The average Bonchev–Trinajstić information content (AvgIpc) is 2.48. The quantitative estimate of drug-likeness (QED) is 0.675. The Hall–Kier alpha value is -1.73. The van der Waals surface area contributed by atoms with Crippen LogP contribution < -0.4 is 15.5 Å². The molecule has 3 N–H and O–H groups in total. The number of thiocarbonyl (C=S) groups is 1. The number of carbonyl (C=O) groups excluding carboxylic acids is 1. The fourth-order valence-electron chi connectivity index (χ4n) is 2.46. The minimum absolute atomic E-state index is 0.0942. The summed E-state index contributed by atoms with van der Waals surface area (Å²) in [6, 6.07) is 5.94. The van der Waals surface area contributed by atoms with Crippen LogP contribution >= 0.6 is 12.2 Å². The first kappa shape index (κ1) is 16.6. The number of benzene rings is 1. The van der Waals surface area contributed by atoms with E-state index >= 15 is 0 Å². The fraction of sp³-hybridized carbons (Fsp3) is 0.467. The Labute approximate surface area is 135 Å². The van der Waals surface area contributed by atoms with Gasteiger partial charge in [0.2, 0.25) is 0 Å². The van der Waals surface area contributed by atoms with Crippen molar-refractivity contribution in [2.45, 2.75) is 6.92 Å². The second kappa shape index (κ2) is 8.05. The zero-order valence-electron chi connectivity index (χ0n) is 12.7. The first-order chi connectivity index (χ1) is 10.6. The van der Waals surface area contributed by atoms with Crippen molar-refractivity contribution in [2.24, 2.45) is 0 Å². The fourth-order valence-corrected chi connectivity index (χ4v) is 2.79. The number of nitrogens with one attached hydrogen (secondary N) is 3. The van der Waals surface area contributed by atoms with E-state index in [-0.39, 0.29) is 11.7 Å². The number of hydrogen-bond acceptors (Lipinski definition) is 2. The summed E-state index contributed by atoms with van der Waals surface area (Å²) in [6.07, 6.45) is 0. The van der Waals surface area contributed by atoms with Gasteiger partial charge in [0.05, 0.1) is 26.2 Å². The van der Waals surface area contributed by atoms with E-state index in [0.29, 0.717) is 12.2 Å². The molecule has 120 valence electrons. The van der Waals surface area contributed by atoms with Crippen LogP contribution in [-0.4, -0.2) is 55.2 Å². The first-order valence-electron chi connectivity index (χ1n) is 7.50. The van der Waals surface area contributed by atoms with Gasteiger partial charge in [-0.1, -0.05) is 6.07 Å². The number of rotatable bonds is 4. The van der Waals surface area contributed by atoms with Crippen molar-refractivity contribution in [3.8, 4) is 0 Å². The van der Waals surface area contributed by atoms with Gasteiger partial charge in [-0.25, -0.2) is 4.39 Å². The molecule has 1 aliphatic heterocycles. The van der Waals surface area contributed by atoms with Gasteiger partial charge < -0.3 is 20.4 Å². The average molecular weight is 325 g/mol. The van der Waals surface area contributed by atoms with Gasteiger partial charge in [-0.05, 0) is 37.3 Å². The summed E-state index contributed by atoms with van der Waals surface area (Å²) in [6.45, 7) is 6.64. The number of hydrogen-bond donors (Lipinski definition) is 3. The van der Waals surface area contributed by atoms with Gasteiger partial charge in [0.15, 0.2) is 11.7 Å². The van der Waals surface area contributed by atoms with Gasteiger partial charge in [-0.15, -0.1) is 0 Å². The van der Waals surface area contributed by atoms with Crippen molar-refractivity contribution in [3.63, 3.8) is 0 Å². The van der Waals surface area contributed by atoms with E-state index in [1.165, 1.54) is 17.0 Å². The van der Waals surface area contributed by atoms with E-state index in [1.54, 1.807) is 12.1 Å². The van der Waals surface area contributed by atoms with Crippen LogP contribution in [0.1, 0.15) is 6.92 Å². The summed E-state index contributed by atoms with van der Waals surface area (Å²) in [4.78, 5) is 15.3. The normalized spacial score (nSPS) is 15.5. The third kappa shape index (κ3) is 4.92. The Morgan fingerprint density at radius 2 is 2.14 bits per heavy atom. The molecule has 7 heteroatoms. The van der Waals surface area contributed by atoms with Gasteiger partial charge in [0, 0.05) is 12.2 Å². The van der Waals surface area contributed by atoms with Crippen LogP contribution in [0.15, 0.2) is 24.3 Å². The van der Waals surface area contributed by atoms with Crippen LogP contribution in [0.5, 0.6) is 0 Å². The topological polar surface area (TPSA) is 48.8 Å². The molecule has 22 heavy (non-hydrogen) atoms. The summed E-state index contributed by atoms with van der Waals surface area (Å²) in [5.74, 6) is -0.445. The molecule has 1 saturated heterocycles. The minimum atomic E-state index is -0.351. The lowest BCUT2D eigenvalue weighted by molar-refractivity contribution is -0.895. The number of amides is 1. The highest BCUT2D eigenvalue weighted by Gasteiger charge is 2.23. The molecular weight excluding hydrogens is 303 g/mol. The molecule has 1 aromatic rings. The zero-order valence-corrected chi connectivity index (χ0v) is 13.5. The predicted octanol–water partition coefficient (Wildman–Crippen LogP) is -0.141. The van der Waals surface area contributed by atoms with Crippen LogP contribution in [0.4, 0.5) is 10.1 Å². The summed E-state index contributed by atoms with van der Waals surface area (Å²) >= 11 is 5.29. The van der Waals surface area contributed by atoms with E-state index in [1.807, 2.05) is 6.92 Å². The van der Waals surface area contributed by atoms with Crippen molar-refractivity contribution in [2.75, 3.05) is 44.6 Å². The maximum atomic E-state index is 13.1. The Bertz CT molecular complexity index is 532. The summed E-state index contributed by atoms with van der Waals surface area (Å²) < 4.78 is 13.1. The molecule has 0 radical (unpaired) electrons.